The third kappa shape index (κ3) is 4.48. The van der Waals surface area contributed by atoms with Crippen LogP contribution in [0.15, 0.2) is 24.3 Å². The maximum absolute atomic E-state index is 12.0. The predicted octanol–water partition coefficient (Wildman–Crippen LogP) is 2.00. The number of carbonyl (C=O) groups excluding carboxylic acids is 1. The van der Waals surface area contributed by atoms with Crippen LogP contribution in [0.2, 0.25) is 0 Å². The van der Waals surface area contributed by atoms with Gasteiger partial charge in [-0.15, -0.1) is 0 Å². The van der Waals surface area contributed by atoms with Crippen molar-refractivity contribution in [3.63, 3.8) is 0 Å². The summed E-state index contributed by atoms with van der Waals surface area (Å²) >= 11 is 0. The number of hydrogen-bond donors (Lipinski definition) is 2. The Morgan fingerprint density at radius 3 is 2.62 bits per heavy atom. The second kappa shape index (κ2) is 7.11. The first kappa shape index (κ1) is 15.4. The molecule has 0 spiro atoms. The molecule has 0 atom stereocenters. The first-order valence-electron chi connectivity index (χ1n) is 7.23. The summed E-state index contributed by atoms with van der Waals surface area (Å²) in [4.78, 5) is 22.9. The van der Waals surface area contributed by atoms with Gasteiger partial charge in [0.25, 0.3) is 0 Å². The predicted molar refractivity (Wildman–Crippen MR) is 78.2 cm³/mol. The molecule has 0 bridgehead atoms. The number of amides is 1. The zero-order valence-electron chi connectivity index (χ0n) is 12.2. The molecule has 0 saturated heterocycles. The topological polar surface area (TPSA) is 75.6 Å². The van der Waals surface area contributed by atoms with E-state index in [9.17, 15) is 9.59 Å². The van der Waals surface area contributed by atoms with E-state index in [1.165, 1.54) is 0 Å². The average molecular weight is 291 g/mol. The van der Waals surface area contributed by atoms with Crippen molar-refractivity contribution in [3.05, 3.63) is 29.8 Å². The molecule has 1 aliphatic rings. The minimum absolute atomic E-state index is 0.0259. The quantitative estimate of drug-likeness (QED) is 0.870. The third-order valence-corrected chi connectivity index (χ3v) is 3.94. The Kier molecular flexibility index (Phi) is 5.20. The minimum Gasteiger partial charge on any atom is -0.497 e. The van der Waals surface area contributed by atoms with E-state index in [1.54, 1.807) is 7.11 Å². The van der Waals surface area contributed by atoms with Crippen molar-refractivity contribution in [1.82, 2.24) is 5.32 Å². The maximum Gasteiger partial charge on any atom is 0.306 e. The Balaban J connectivity index is 1.81. The van der Waals surface area contributed by atoms with Crippen LogP contribution in [0.1, 0.15) is 31.2 Å². The molecule has 0 unspecified atom stereocenters. The maximum atomic E-state index is 12.0. The van der Waals surface area contributed by atoms with Crippen molar-refractivity contribution >= 4 is 11.9 Å². The van der Waals surface area contributed by atoms with Gasteiger partial charge in [-0.2, -0.15) is 0 Å². The van der Waals surface area contributed by atoms with E-state index in [-0.39, 0.29) is 17.9 Å². The number of benzene rings is 1. The molecule has 0 aromatic heterocycles. The van der Waals surface area contributed by atoms with Gasteiger partial charge in [0.05, 0.1) is 19.4 Å². The molecule has 21 heavy (non-hydrogen) atoms. The van der Waals surface area contributed by atoms with E-state index in [4.69, 9.17) is 9.84 Å². The van der Waals surface area contributed by atoms with Crippen molar-refractivity contribution in [2.45, 2.75) is 38.1 Å². The number of carboxylic acids is 1. The van der Waals surface area contributed by atoms with Gasteiger partial charge in [0, 0.05) is 6.04 Å². The van der Waals surface area contributed by atoms with Gasteiger partial charge in [-0.3, -0.25) is 9.59 Å². The van der Waals surface area contributed by atoms with Gasteiger partial charge < -0.3 is 15.2 Å². The Morgan fingerprint density at radius 2 is 2.00 bits per heavy atom. The van der Waals surface area contributed by atoms with Crippen molar-refractivity contribution in [1.29, 1.82) is 0 Å². The molecule has 114 valence electrons. The van der Waals surface area contributed by atoms with Gasteiger partial charge in [0.2, 0.25) is 5.91 Å². The van der Waals surface area contributed by atoms with E-state index in [1.807, 2.05) is 24.3 Å². The van der Waals surface area contributed by atoms with Crippen LogP contribution in [0.5, 0.6) is 5.75 Å². The van der Waals surface area contributed by atoms with Crippen molar-refractivity contribution < 1.29 is 19.4 Å². The highest BCUT2D eigenvalue weighted by atomic mass is 16.5. The van der Waals surface area contributed by atoms with Crippen LogP contribution >= 0.6 is 0 Å². The van der Waals surface area contributed by atoms with Crippen molar-refractivity contribution in [2.24, 2.45) is 5.92 Å². The van der Waals surface area contributed by atoms with E-state index >= 15 is 0 Å². The van der Waals surface area contributed by atoms with Gasteiger partial charge in [-0.1, -0.05) is 12.1 Å². The third-order valence-electron chi connectivity index (χ3n) is 3.94. The summed E-state index contributed by atoms with van der Waals surface area (Å²) in [6.07, 6.45) is 3.07. The molecule has 1 amide bonds. The molecule has 1 fully saturated rings. The largest absolute Gasteiger partial charge is 0.497 e. The molecule has 0 radical (unpaired) electrons. The number of ether oxygens (including phenoxy) is 1. The molecule has 1 aromatic rings. The summed E-state index contributed by atoms with van der Waals surface area (Å²) in [7, 11) is 1.60. The monoisotopic (exact) mass is 291 g/mol. The van der Waals surface area contributed by atoms with Gasteiger partial charge in [0.1, 0.15) is 5.75 Å². The molecule has 2 rings (SSSR count). The van der Waals surface area contributed by atoms with Gasteiger partial charge in [-0.05, 0) is 43.4 Å². The number of nitrogens with one attached hydrogen (secondary N) is 1. The molecule has 1 aromatic carbocycles. The lowest BCUT2D eigenvalue weighted by atomic mass is 9.86. The zero-order chi connectivity index (χ0) is 15.2. The molecule has 1 saturated carbocycles. The highest BCUT2D eigenvalue weighted by molar-refractivity contribution is 5.79. The first-order chi connectivity index (χ1) is 10.1. The first-order valence-corrected chi connectivity index (χ1v) is 7.23. The summed E-state index contributed by atoms with van der Waals surface area (Å²) in [5.41, 5.74) is 0.908. The summed E-state index contributed by atoms with van der Waals surface area (Å²) in [5, 5.41) is 11.9. The minimum atomic E-state index is -0.726. The molecule has 0 heterocycles. The van der Waals surface area contributed by atoms with Crippen LogP contribution in [0.3, 0.4) is 0 Å². The Labute approximate surface area is 124 Å². The fraction of sp³-hybridized carbons (Fsp3) is 0.500. The van der Waals surface area contributed by atoms with Gasteiger partial charge in [0.15, 0.2) is 0 Å². The van der Waals surface area contributed by atoms with Crippen LogP contribution in [-0.2, 0) is 16.0 Å². The zero-order valence-corrected chi connectivity index (χ0v) is 12.2. The summed E-state index contributed by atoms with van der Waals surface area (Å²) in [6.45, 7) is 0. The van der Waals surface area contributed by atoms with Gasteiger partial charge >= 0.3 is 5.97 Å². The van der Waals surface area contributed by atoms with E-state index in [0.29, 0.717) is 19.3 Å². The van der Waals surface area contributed by atoms with Crippen LogP contribution in [0, 0.1) is 5.92 Å². The summed E-state index contributed by atoms with van der Waals surface area (Å²) < 4.78 is 5.13. The molecule has 1 aliphatic carbocycles. The SMILES string of the molecule is COc1cccc(CC(=O)NC2CCC(C(=O)O)CC2)c1. The fourth-order valence-corrected chi connectivity index (χ4v) is 2.73. The van der Waals surface area contributed by atoms with Gasteiger partial charge in [-0.25, -0.2) is 0 Å². The Bertz CT molecular complexity index is 507. The molecule has 2 N–H and O–H groups in total. The number of carboxylic acid groups (broad SMARTS) is 1. The Hall–Kier alpha value is -2.04. The second-order valence-corrected chi connectivity index (χ2v) is 5.48. The number of aliphatic carboxylic acids is 1. The van der Waals surface area contributed by atoms with Crippen LogP contribution < -0.4 is 10.1 Å². The van der Waals surface area contributed by atoms with E-state index < -0.39 is 5.97 Å². The Morgan fingerprint density at radius 1 is 1.29 bits per heavy atom. The molecule has 5 nitrogen and oxygen atoms in total. The number of hydrogen-bond acceptors (Lipinski definition) is 3. The second-order valence-electron chi connectivity index (χ2n) is 5.48. The normalized spacial score (nSPS) is 21.6. The summed E-state index contributed by atoms with van der Waals surface area (Å²) in [6, 6.07) is 7.54. The molecular formula is C16H21NO4. The van der Waals surface area contributed by atoms with Crippen molar-refractivity contribution in [3.8, 4) is 5.75 Å². The lowest BCUT2D eigenvalue weighted by Gasteiger charge is -2.26. The number of carbonyl (C=O) groups is 2. The van der Waals surface area contributed by atoms with Crippen LogP contribution in [0.4, 0.5) is 0 Å². The highest BCUT2D eigenvalue weighted by Gasteiger charge is 2.26. The lowest BCUT2D eigenvalue weighted by Crippen LogP contribution is -2.39. The van der Waals surface area contributed by atoms with Crippen LogP contribution in [0.25, 0.3) is 0 Å². The average Bonchev–Trinajstić information content (AvgIpc) is 2.47. The standard InChI is InChI=1S/C16H21NO4/c1-21-14-4-2-3-11(9-14)10-15(18)17-13-7-5-12(6-8-13)16(19)20/h2-4,9,12-13H,5-8,10H2,1H3,(H,17,18)(H,19,20). The summed E-state index contributed by atoms with van der Waals surface area (Å²) in [5.74, 6) is -0.267. The highest BCUT2D eigenvalue weighted by Crippen LogP contribution is 2.24. The fourth-order valence-electron chi connectivity index (χ4n) is 2.73. The van der Waals surface area contributed by atoms with E-state index in [0.717, 1.165) is 24.2 Å². The lowest BCUT2D eigenvalue weighted by molar-refractivity contribution is -0.142. The van der Waals surface area contributed by atoms with Crippen molar-refractivity contribution in [2.75, 3.05) is 7.11 Å². The molecular weight excluding hydrogens is 270 g/mol. The number of rotatable bonds is 5. The molecule has 5 heteroatoms. The smallest absolute Gasteiger partial charge is 0.306 e. The van der Waals surface area contributed by atoms with E-state index in [2.05, 4.69) is 5.32 Å². The molecule has 0 aliphatic heterocycles. The van der Waals surface area contributed by atoms with Crippen LogP contribution in [-0.4, -0.2) is 30.1 Å². The number of methoxy groups -OCH3 is 1.